The van der Waals surface area contributed by atoms with E-state index in [1.807, 2.05) is 32.0 Å². The second-order valence-electron chi connectivity index (χ2n) is 5.21. The minimum absolute atomic E-state index is 0.183. The Kier molecular flexibility index (Phi) is 4.66. The van der Waals surface area contributed by atoms with Crippen LogP contribution in [0, 0.1) is 13.8 Å². The molecule has 0 aliphatic rings. The van der Waals surface area contributed by atoms with E-state index in [-0.39, 0.29) is 5.76 Å². The van der Waals surface area contributed by atoms with Gasteiger partial charge in [0.2, 0.25) is 10.9 Å². The zero-order chi connectivity index (χ0) is 17.1. The van der Waals surface area contributed by atoms with Crippen LogP contribution in [0.3, 0.4) is 0 Å². The number of methoxy groups -OCH3 is 1. The minimum Gasteiger partial charge on any atom is -0.463 e. The molecule has 0 aliphatic heterocycles. The third-order valence-corrected chi connectivity index (χ3v) is 4.37. The zero-order valence-corrected chi connectivity index (χ0v) is 14.3. The highest BCUT2D eigenvalue weighted by Gasteiger charge is 2.14. The number of carbonyl (C=O) groups is 1. The summed E-state index contributed by atoms with van der Waals surface area (Å²) in [4.78, 5) is 11.4. The lowest BCUT2D eigenvalue weighted by atomic mass is 10.1. The van der Waals surface area contributed by atoms with E-state index in [2.05, 4.69) is 20.3 Å². The number of hydrogen-bond donors (Lipinski definition) is 0. The van der Waals surface area contributed by atoms with Crippen LogP contribution in [0.15, 0.2) is 39.9 Å². The average Bonchev–Trinajstić information content (AvgIpc) is 3.23. The van der Waals surface area contributed by atoms with Crippen LogP contribution >= 0.6 is 11.8 Å². The average molecular weight is 344 g/mol. The third-order valence-electron chi connectivity index (χ3n) is 3.43. The SMILES string of the molecule is COC(=O)c1ccc(CSc2nnnn2-c2cc(C)ccc2C)o1. The van der Waals surface area contributed by atoms with Crippen molar-refractivity contribution in [2.24, 2.45) is 0 Å². The lowest BCUT2D eigenvalue weighted by molar-refractivity contribution is 0.0563. The fourth-order valence-electron chi connectivity index (χ4n) is 2.17. The number of esters is 1. The van der Waals surface area contributed by atoms with Crippen LogP contribution in [0.25, 0.3) is 5.69 Å². The lowest BCUT2D eigenvalue weighted by Gasteiger charge is -2.08. The van der Waals surface area contributed by atoms with Crippen LogP contribution in [-0.4, -0.2) is 33.3 Å². The van der Waals surface area contributed by atoms with E-state index in [4.69, 9.17) is 4.42 Å². The number of aryl methyl sites for hydroxylation is 2. The van der Waals surface area contributed by atoms with Crippen LogP contribution in [0.2, 0.25) is 0 Å². The van der Waals surface area contributed by atoms with Crippen molar-refractivity contribution in [2.75, 3.05) is 7.11 Å². The molecule has 0 saturated heterocycles. The van der Waals surface area contributed by atoms with E-state index in [9.17, 15) is 4.79 Å². The summed E-state index contributed by atoms with van der Waals surface area (Å²) in [5.74, 6) is 0.840. The molecular formula is C16H16N4O3S. The molecule has 0 fully saturated rings. The fourth-order valence-corrected chi connectivity index (χ4v) is 2.95. The molecule has 8 heteroatoms. The van der Waals surface area contributed by atoms with Gasteiger partial charge in [-0.05, 0) is 53.6 Å². The molecule has 0 aliphatic carbocycles. The first-order chi connectivity index (χ1) is 11.6. The maximum absolute atomic E-state index is 11.4. The Bertz CT molecular complexity index is 872. The molecule has 24 heavy (non-hydrogen) atoms. The Hall–Kier alpha value is -2.61. The van der Waals surface area contributed by atoms with Gasteiger partial charge in [-0.2, -0.15) is 4.68 Å². The monoisotopic (exact) mass is 344 g/mol. The van der Waals surface area contributed by atoms with Gasteiger partial charge in [-0.25, -0.2) is 4.79 Å². The highest BCUT2D eigenvalue weighted by molar-refractivity contribution is 7.98. The van der Waals surface area contributed by atoms with Gasteiger partial charge in [0, 0.05) is 0 Å². The van der Waals surface area contributed by atoms with Crippen LogP contribution < -0.4 is 0 Å². The highest BCUT2D eigenvalue weighted by Crippen LogP contribution is 2.25. The number of benzene rings is 1. The first kappa shape index (κ1) is 16.3. The van der Waals surface area contributed by atoms with Crippen molar-refractivity contribution < 1.29 is 13.9 Å². The number of aromatic nitrogens is 4. The van der Waals surface area contributed by atoms with E-state index in [1.54, 1.807) is 16.8 Å². The van der Waals surface area contributed by atoms with E-state index < -0.39 is 5.97 Å². The van der Waals surface area contributed by atoms with E-state index in [0.717, 1.165) is 16.8 Å². The largest absolute Gasteiger partial charge is 0.463 e. The maximum Gasteiger partial charge on any atom is 0.373 e. The van der Waals surface area contributed by atoms with E-state index in [1.165, 1.54) is 18.9 Å². The summed E-state index contributed by atoms with van der Waals surface area (Å²) in [5.41, 5.74) is 3.16. The Labute approximate surface area is 143 Å². The number of thioether (sulfide) groups is 1. The second kappa shape index (κ2) is 6.88. The van der Waals surface area contributed by atoms with Gasteiger partial charge in [-0.15, -0.1) is 5.10 Å². The van der Waals surface area contributed by atoms with Gasteiger partial charge in [0.05, 0.1) is 18.6 Å². The van der Waals surface area contributed by atoms with Crippen molar-refractivity contribution in [3.63, 3.8) is 0 Å². The summed E-state index contributed by atoms with van der Waals surface area (Å²) in [5, 5.41) is 12.6. The molecule has 0 bridgehead atoms. The van der Waals surface area contributed by atoms with Gasteiger partial charge in [0.25, 0.3) is 0 Å². The van der Waals surface area contributed by atoms with Crippen LogP contribution in [-0.2, 0) is 10.5 Å². The van der Waals surface area contributed by atoms with E-state index in [0.29, 0.717) is 16.7 Å². The van der Waals surface area contributed by atoms with Crippen molar-refractivity contribution >= 4 is 17.7 Å². The molecule has 2 heterocycles. The van der Waals surface area contributed by atoms with E-state index >= 15 is 0 Å². The Balaban J connectivity index is 1.78. The quantitative estimate of drug-likeness (QED) is 0.520. The van der Waals surface area contributed by atoms with Crippen LogP contribution in [0.4, 0.5) is 0 Å². The van der Waals surface area contributed by atoms with Crippen molar-refractivity contribution in [1.29, 1.82) is 0 Å². The molecule has 0 N–H and O–H groups in total. The fraction of sp³-hybridized carbons (Fsp3) is 0.250. The predicted molar refractivity (Wildman–Crippen MR) is 88.2 cm³/mol. The number of carbonyl (C=O) groups excluding carboxylic acids is 1. The van der Waals surface area contributed by atoms with Gasteiger partial charge in [0.15, 0.2) is 0 Å². The molecule has 0 unspecified atom stereocenters. The van der Waals surface area contributed by atoms with Gasteiger partial charge in [0.1, 0.15) is 5.76 Å². The molecule has 3 aromatic rings. The predicted octanol–water partition coefficient (Wildman–Crippen LogP) is 2.95. The smallest absolute Gasteiger partial charge is 0.373 e. The summed E-state index contributed by atoms with van der Waals surface area (Å²) >= 11 is 1.43. The van der Waals surface area contributed by atoms with Crippen molar-refractivity contribution in [3.8, 4) is 5.69 Å². The molecule has 0 radical (unpaired) electrons. The topological polar surface area (TPSA) is 83.0 Å². The number of rotatable bonds is 5. The molecule has 2 aromatic heterocycles. The highest BCUT2D eigenvalue weighted by atomic mass is 32.2. The molecule has 0 saturated carbocycles. The Morgan fingerprint density at radius 1 is 1.29 bits per heavy atom. The molecule has 7 nitrogen and oxygen atoms in total. The summed E-state index contributed by atoms with van der Waals surface area (Å²) in [6.45, 7) is 4.04. The molecule has 3 rings (SSSR count). The van der Waals surface area contributed by atoms with Gasteiger partial charge in [-0.1, -0.05) is 23.9 Å². The number of ether oxygens (including phenoxy) is 1. The van der Waals surface area contributed by atoms with Gasteiger partial charge < -0.3 is 9.15 Å². The lowest BCUT2D eigenvalue weighted by Crippen LogP contribution is -2.02. The number of furan rings is 1. The first-order valence-corrected chi connectivity index (χ1v) is 8.23. The minimum atomic E-state index is -0.494. The Morgan fingerprint density at radius 3 is 2.92 bits per heavy atom. The maximum atomic E-state index is 11.4. The van der Waals surface area contributed by atoms with Crippen molar-refractivity contribution in [2.45, 2.75) is 24.8 Å². The van der Waals surface area contributed by atoms with Crippen LogP contribution in [0.1, 0.15) is 27.4 Å². The number of nitrogens with zero attached hydrogens (tertiary/aromatic N) is 4. The van der Waals surface area contributed by atoms with Gasteiger partial charge >= 0.3 is 5.97 Å². The number of tetrazole rings is 1. The van der Waals surface area contributed by atoms with Gasteiger partial charge in [-0.3, -0.25) is 0 Å². The molecule has 0 spiro atoms. The third kappa shape index (κ3) is 3.33. The molecule has 124 valence electrons. The standard InChI is InChI=1S/C16H16N4O3S/c1-10-4-5-11(2)13(8-10)20-16(17-18-19-20)24-9-12-6-7-14(23-12)15(21)22-3/h4-8H,9H2,1-3H3. The normalized spacial score (nSPS) is 10.8. The first-order valence-electron chi connectivity index (χ1n) is 7.24. The molecule has 1 aromatic carbocycles. The molecule has 0 amide bonds. The number of hydrogen-bond acceptors (Lipinski definition) is 7. The zero-order valence-electron chi connectivity index (χ0n) is 13.5. The summed E-state index contributed by atoms with van der Waals surface area (Å²) in [6, 6.07) is 9.46. The second-order valence-corrected chi connectivity index (χ2v) is 6.15. The van der Waals surface area contributed by atoms with Crippen molar-refractivity contribution in [3.05, 3.63) is 53.0 Å². The molecular weight excluding hydrogens is 328 g/mol. The summed E-state index contributed by atoms with van der Waals surface area (Å²) in [6.07, 6.45) is 0. The van der Waals surface area contributed by atoms with Crippen molar-refractivity contribution in [1.82, 2.24) is 20.2 Å². The van der Waals surface area contributed by atoms with Crippen LogP contribution in [0.5, 0.6) is 0 Å². The summed E-state index contributed by atoms with van der Waals surface area (Å²) in [7, 11) is 1.32. The Morgan fingerprint density at radius 2 is 2.12 bits per heavy atom. The summed E-state index contributed by atoms with van der Waals surface area (Å²) < 4.78 is 11.8. The molecule has 0 atom stereocenters.